The van der Waals surface area contributed by atoms with Crippen molar-refractivity contribution in [2.75, 3.05) is 7.05 Å². The van der Waals surface area contributed by atoms with Gasteiger partial charge in [-0.1, -0.05) is 127 Å². The molecular weight excluding hydrogens is 587 g/mol. The third-order valence-electron chi connectivity index (χ3n) is 9.36. The van der Waals surface area contributed by atoms with Gasteiger partial charge in [-0.25, -0.2) is 0 Å². The average Bonchev–Trinajstić information content (AvgIpc) is 3.78. The van der Waals surface area contributed by atoms with Crippen LogP contribution in [0.1, 0.15) is 11.1 Å². The standard InChI is InChI=1S/C35H22N2.C7H8N2.CH5N/c1-2-9-22(10-3-1)21-36-31-15-6-4-11-24(31)28-18-17-23-19-30-27-14-8-13-26-25-12-5-7-16-32(25)37(35(26)27)33(30)20-29(23)34(28)36;8-7(9)6-4-2-1-3-5-6;1-2/h1-20H,21H2;1-5H,(H3,8,9);2H2,1H3. The summed E-state index contributed by atoms with van der Waals surface area (Å²) in [6, 6.07) is 53.9. The fraction of sp³-hybridized carbons (Fsp3) is 0.0465. The Balaban J connectivity index is 0.000000265. The fourth-order valence-corrected chi connectivity index (χ4v) is 7.35. The molecule has 0 aliphatic carbocycles. The Kier molecular flexibility index (Phi) is 7.24. The molecule has 0 bridgehead atoms. The van der Waals surface area contributed by atoms with Gasteiger partial charge in [0.25, 0.3) is 0 Å². The van der Waals surface area contributed by atoms with Gasteiger partial charge < -0.3 is 20.4 Å². The van der Waals surface area contributed by atoms with E-state index in [1.165, 1.54) is 83.3 Å². The zero-order valence-electron chi connectivity index (χ0n) is 26.7. The minimum absolute atomic E-state index is 0.121. The Morgan fingerprint density at radius 3 is 1.75 bits per heavy atom. The van der Waals surface area contributed by atoms with Crippen molar-refractivity contribution in [2.45, 2.75) is 6.54 Å². The maximum atomic E-state index is 7.01. The summed E-state index contributed by atoms with van der Waals surface area (Å²) >= 11 is 0. The molecule has 0 aliphatic rings. The molecular formula is C43H35N5. The normalized spacial score (nSPS) is 11.4. The molecule has 5 nitrogen and oxygen atoms in total. The van der Waals surface area contributed by atoms with E-state index in [0.29, 0.717) is 0 Å². The van der Waals surface area contributed by atoms with E-state index in [9.17, 15) is 0 Å². The van der Waals surface area contributed by atoms with Gasteiger partial charge >= 0.3 is 0 Å². The molecule has 48 heavy (non-hydrogen) atoms. The van der Waals surface area contributed by atoms with Crippen molar-refractivity contribution in [3.8, 4) is 0 Å². The second kappa shape index (κ2) is 11.9. The van der Waals surface area contributed by atoms with Crippen LogP contribution in [0.5, 0.6) is 0 Å². The number of fused-ring (bicyclic) bond motifs is 11. The lowest BCUT2D eigenvalue weighted by molar-refractivity contribution is 0.872. The highest BCUT2D eigenvalue weighted by atomic mass is 15.0. The van der Waals surface area contributed by atoms with Crippen LogP contribution < -0.4 is 11.5 Å². The highest BCUT2D eigenvalue weighted by Crippen LogP contribution is 2.42. The van der Waals surface area contributed by atoms with E-state index in [1.54, 1.807) is 0 Å². The Morgan fingerprint density at radius 2 is 1.06 bits per heavy atom. The molecule has 5 N–H and O–H groups in total. The predicted molar refractivity (Wildman–Crippen MR) is 205 cm³/mol. The summed E-state index contributed by atoms with van der Waals surface area (Å²) in [6.07, 6.45) is 0. The average molecular weight is 622 g/mol. The molecule has 5 heteroatoms. The first-order chi connectivity index (χ1) is 23.7. The number of hydrogen-bond acceptors (Lipinski definition) is 2. The summed E-state index contributed by atoms with van der Waals surface area (Å²) in [5.74, 6) is 0.121. The Labute approximate surface area is 278 Å². The van der Waals surface area contributed by atoms with Crippen LogP contribution >= 0.6 is 0 Å². The Hall–Kier alpha value is -6.17. The predicted octanol–water partition coefficient (Wildman–Crippen LogP) is 9.69. The van der Waals surface area contributed by atoms with E-state index in [4.69, 9.17) is 11.1 Å². The van der Waals surface area contributed by atoms with Crippen molar-refractivity contribution in [1.29, 1.82) is 5.41 Å². The second-order valence-electron chi connectivity index (χ2n) is 12.0. The fourth-order valence-electron chi connectivity index (χ4n) is 7.35. The van der Waals surface area contributed by atoms with Gasteiger partial charge in [0.1, 0.15) is 5.84 Å². The number of nitrogens with one attached hydrogen (secondary N) is 1. The van der Waals surface area contributed by atoms with Crippen LogP contribution in [0.2, 0.25) is 0 Å². The van der Waals surface area contributed by atoms with Gasteiger partial charge in [0, 0.05) is 55.3 Å². The molecule has 0 unspecified atom stereocenters. The molecule has 3 aromatic heterocycles. The molecule has 0 atom stereocenters. The Morgan fingerprint density at radius 1 is 0.500 bits per heavy atom. The molecule has 0 amide bonds. The van der Waals surface area contributed by atoms with Crippen LogP contribution in [0.25, 0.3) is 70.7 Å². The van der Waals surface area contributed by atoms with Crippen LogP contribution in [0, 0.1) is 5.41 Å². The zero-order valence-corrected chi connectivity index (χ0v) is 26.7. The number of rotatable bonds is 3. The molecule has 10 aromatic rings. The number of nitrogens with two attached hydrogens (primary N) is 2. The van der Waals surface area contributed by atoms with Gasteiger partial charge in [-0.05, 0) is 42.3 Å². The molecule has 10 rings (SSSR count). The van der Waals surface area contributed by atoms with Crippen molar-refractivity contribution >= 4 is 76.5 Å². The van der Waals surface area contributed by atoms with Crippen LogP contribution in [0.15, 0.2) is 152 Å². The first-order valence-electron chi connectivity index (χ1n) is 16.2. The molecule has 0 saturated carbocycles. The van der Waals surface area contributed by atoms with E-state index in [2.05, 4.69) is 136 Å². The third-order valence-corrected chi connectivity index (χ3v) is 9.36. The third kappa shape index (κ3) is 4.55. The van der Waals surface area contributed by atoms with E-state index in [1.807, 2.05) is 30.3 Å². The number of nitrogen functional groups attached to an aromatic ring is 1. The lowest BCUT2D eigenvalue weighted by Gasteiger charge is -2.10. The zero-order chi connectivity index (χ0) is 32.8. The first kappa shape index (κ1) is 29.2. The smallest absolute Gasteiger partial charge is 0.122 e. The lowest BCUT2D eigenvalue weighted by atomic mass is 10.0. The van der Waals surface area contributed by atoms with E-state index < -0.39 is 0 Å². The molecule has 0 spiro atoms. The van der Waals surface area contributed by atoms with Crippen molar-refractivity contribution < 1.29 is 0 Å². The number of hydrogen-bond donors (Lipinski definition) is 3. The Bertz CT molecular complexity index is 2740. The summed E-state index contributed by atoms with van der Waals surface area (Å²) in [4.78, 5) is 0. The van der Waals surface area contributed by atoms with Gasteiger partial charge in [0.05, 0.1) is 22.1 Å². The van der Waals surface area contributed by atoms with Crippen LogP contribution in [-0.2, 0) is 6.54 Å². The van der Waals surface area contributed by atoms with Gasteiger partial charge in [0.15, 0.2) is 0 Å². The molecule has 0 radical (unpaired) electrons. The topological polar surface area (TPSA) is 85.2 Å². The summed E-state index contributed by atoms with van der Waals surface area (Å²) in [6.45, 7) is 0.845. The maximum absolute atomic E-state index is 7.01. The van der Waals surface area contributed by atoms with Crippen molar-refractivity contribution in [3.63, 3.8) is 0 Å². The highest BCUT2D eigenvalue weighted by molar-refractivity contribution is 6.26. The van der Waals surface area contributed by atoms with Crippen molar-refractivity contribution in [1.82, 2.24) is 8.97 Å². The van der Waals surface area contributed by atoms with Gasteiger partial charge in [-0.2, -0.15) is 0 Å². The number of aromatic nitrogens is 2. The monoisotopic (exact) mass is 621 g/mol. The SMILES string of the molecule is CN.N=C(N)c1ccccc1.c1ccc(Cn2c3ccccc3c3ccc4cc5c6cccc7c8ccccc8n(c5cc4c32)c76)cc1. The molecule has 232 valence electrons. The molecule has 0 aliphatic heterocycles. The van der Waals surface area contributed by atoms with Crippen molar-refractivity contribution in [3.05, 3.63) is 163 Å². The van der Waals surface area contributed by atoms with E-state index in [-0.39, 0.29) is 5.84 Å². The highest BCUT2D eigenvalue weighted by Gasteiger charge is 2.19. The van der Waals surface area contributed by atoms with Gasteiger partial charge in [0.2, 0.25) is 0 Å². The maximum Gasteiger partial charge on any atom is 0.122 e. The van der Waals surface area contributed by atoms with E-state index >= 15 is 0 Å². The van der Waals surface area contributed by atoms with Crippen LogP contribution in [0.4, 0.5) is 0 Å². The molecule has 0 fully saturated rings. The largest absolute Gasteiger partial charge is 0.384 e. The molecule has 7 aromatic carbocycles. The molecule has 3 heterocycles. The van der Waals surface area contributed by atoms with Gasteiger partial charge in [-0.15, -0.1) is 0 Å². The summed E-state index contributed by atoms with van der Waals surface area (Å²) in [5.41, 5.74) is 18.3. The minimum atomic E-state index is 0.121. The summed E-state index contributed by atoms with van der Waals surface area (Å²) in [5, 5.41) is 17.5. The summed E-state index contributed by atoms with van der Waals surface area (Å²) < 4.78 is 5.00. The number of nitrogens with zero attached hydrogens (tertiary/aromatic N) is 2. The van der Waals surface area contributed by atoms with Gasteiger partial charge in [-0.3, -0.25) is 5.41 Å². The summed E-state index contributed by atoms with van der Waals surface area (Å²) in [7, 11) is 1.50. The second-order valence-corrected chi connectivity index (χ2v) is 12.0. The first-order valence-corrected chi connectivity index (χ1v) is 16.2. The van der Waals surface area contributed by atoms with Crippen LogP contribution in [0.3, 0.4) is 0 Å². The minimum Gasteiger partial charge on any atom is -0.384 e. The molecule has 0 saturated heterocycles. The lowest BCUT2D eigenvalue weighted by Crippen LogP contribution is -2.10. The number of amidine groups is 1. The number of para-hydroxylation sites is 3. The van der Waals surface area contributed by atoms with Crippen LogP contribution in [-0.4, -0.2) is 21.9 Å². The number of benzene rings is 7. The van der Waals surface area contributed by atoms with E-state index in [0.717, 1.165) is 12.1 Å². The van der Waals surface area contributed by atoms with Crippen molar-refractivity contribution in [2.24, 2.45) is 11.5 Å². The quantitative estimate of drug-likeness (QED) is 0.136.